The monoisotopic (exact) mass is 266 g/mol. The molecule has 0 bridgehead atoms. The maximum atomic E-state index is 5.97. The van der Waals surface area contributed by atoms with Crippen LogP contribution in [0.4, 0.5) is 0 Å². The fraction of sp³-hybridized carbons (Fsp3) is 0.571. The van der Waals surface area contributed by atoms with Crippen LogP contribution < -0.4 is 15.2 Å². The fourth-order valence-electron chi connectivity index (χ4n) is 2.54. The Morgan fingerprint density at radius 1 is 1.26 bits per heavy atom. The van der Waals surface area contributed by atoms with Gasteiger partial charge in [0.1, 0.15) is 0 Å². The Bertz CT molecular complexity index is 406. The molecular formula is C14H22N2O3. The van der Waals surface area contributed by atoms with Gasteiger partial charge in [-0.25, -0.2) is 0 Å². The second-order valence-electron chi connectivity index (χ2n) is 4.48. The topological polar surface area (TPSA) is 57.0 Å². The molecule has 2 N–H and O–H groups in total. The zero-order valence-electron chi connectivity index (χ0n) is 11.6. The first-order valence-electron chi connectivity index (χ1n) is 6.54. The van der Waals surface area contributed by atoms with Crippen molar-refractivity contribution in [3.05, 3.63) is 23.8 Å². The summed E-state index contributed by atoms with van der Waals surface area (Å²) < 4.78 is 16.2. The van der Waals surface area contributed by atoms with Crippen LogP contribution in [-0.4, -0.2) is 52.0 Å². The zero-order chi connectivity index (χ0) is 13.7. The van der Waals surface area contributed by atoms with Crippen LogP contribution in [0.2, 0.25) is 0 Å². The minimum Gasteiger partial charge on any atom is -0.493 e. The summed E-state index contributed by atoms with van der Waals surface area (Å²) in [6.07, 6.45) is 0. The van der Waals surface area contributed by atoms with Crippen molar-refractivity contribution in [3.8, 4) is 11.5 Å². The lowest BCUT2D eigenvalue weighted by Gasteiger charge is -2.34. The highest BCUT2D eigenvalue weighted by Crippen LogP contribution is 2.36. The van der Waals surface area contributed by atoms with Crippen LogP contribution in [0.3, 0.4) is 0 Å². The van der Waals surface area contributed by atoms with Gasteiger partial charge in [0.2, 0.25) is 0 Å². The second kappa shape index (κ2) is 6.75. The SMILES string of the molecule is COc1cccc([C@@H](CN)N2CCOCC2)c1OC. The van der Waals surface area contributed by atoms with Crippen molar-refractivity contribution in [1.29, 1.82) is 0 Å². The van der Waals surface area contributed by atoms with Crippen LogP contribution >= 0.6 is 0 Å². The number of benzene rings is 1. The molecule has 0 aliphatic carbocycles. The van der Waals surface area contributed by atoms with Gasteiger partial charge in [0.25, 0.3) is 0 Å². The molecular weight excluding hydrogens is 244 g/mol. The molecule has 0 saturated carbocycles. The molecule has 1 aromatic rings. The molecule has 5 heteroatoms. The van der Waals surface area contributed by atoms with Crippen LogP contribution in [0, 0.1) is 0 Å². The Hall–Kier alpha value is -1.30. The van der Waals surface area contributed by atoms with Gasteiger partial charge in [-0.05, 0) is 6.07 Å². The van der Waals surface area contributed by atoms with E-state index in [9.17, 15) is 0 Å². The fourth-order valence-corrected chi connectivity index (χ4v) is 2.54. The average Bonchev–Trinajstić information content (AvgIpc) is 2.48. The highest BCUT2D eigenvalue weighted by atomic mass is 16.5. The maximum Gasteiger partial charge on any atom is 0.165 e. The summed E-state index contributed by atoms with van der Waals surface area (Å²) in [5.74, 6) is 1.51. The van der Waals surface area contributed by atoms with Gasteiger partial charge >= 0.3 is 0 Å². The van der Waals surface area contributed by atoms with Gasteiger partial charge in [-0.2, -0.15) is 0 Å². The first kappa shape index (κ1) is 14.1. The van der Waals surface area contributed by atoms with E-state index in [0.29, 0.717) is 6.54 Å². The molecule has 1 aliphatic heterocycles. The number of hydrogen-bond acceptors (Lipinski definition) is 5. The van der Waals surface area contributed by atoms with E-state index in [4.69, 9.17) is 19.9 Å². The summed E-state index contributed by atoms with van der Waals surface area (Å²) in [6, 6.07) is 6.05. The quantitative estimate of drug-likeness (QED) is 0.863. The Balaban J connectivity index is 2.31. The summed E-state index contributed by atoms with van der Waals surface area (Å²) in [5, 5.41) is 0. The molecule has 0 unspecified atom stereocenters. The van der Waals surface area contributed by atoms with Crippen molar-refractivity contribution in [2.45, 2.75) is 6.04 Å². The molecule has 5 nitrogen and oxygen atoms in total. The number of hydrogen-bond donors (Lipinski definition) is 1. The van der Waals surface area contributed by atoms with E-state index in [-0.39, 0.29) is 6.04 Å². The van der Waals surface area contributed by atoms with Crippen molar-refractivity contribution >= 4 is 0 Å². The number of para-hydroxylation sites is 1. The van der Waals surface area contributed by atoms with Crippen molar-refractivity contribution < 1.29 is 14.2 Å². The molecule has 2 rings (SSSR count). The minimum atomic E-state index is 0.133. The van der Waals surface area contributed by atoms with Gasteiger partial charge in [-0.15, -0.1) is 0 Å². The number of morpholine rings is 1. The number of methoxy groups -OCH3 is 2. The van der Waals surface area contributed by atoms with Gasteiger partial charge < -0.3 is 19.9 Å². The largest absolute Gasteiger partial charge is 0.493 e. The summed E-state index contributed by atoms with van der Waals surface area (Å²) in [7, 11) is 3.31. The maximum absolute atomic E-state index is 5.97. The highest BCUT2D eigenvalue weighted by Gasteiger charge is 2.25. The van der Waals surface area contributed by atoms with E-state index >= 15 is 0 Å². The van der Waals surface area contributed by atoms with Crippen molar-refractivity contribution in [3.63, 3.8) is 0 Å². The number of ether oxygens (including phenoxy) is 3. The van der Waals surface area contributed by atoms with E-state index in [1.807, 2.05) is 18.2 Å². The molecule has 106 valence electrons. The lowest BCUT2D eigenvalue weighted by atomic mass is 10.0. The summed E-state index contributed by atoms with van der Waals surface area (Å²) in [6.45, 7) is 3.83. The predicted octanol–water partition coefficient (Wildman–Crippen LogP) is 1.04. The van der Waals surface area contributed by atoms with Crippen LogP contribution in [-0.2, 0) is 4.74 Å². The zero-order valence-corrected chi connectivity index (χ0v) is 11.6. The van der Waals surface area contributed by atoms with Gasteiger partial charge in [-0.1, -0.05) is 12.1 Å². The van der Waals surface area contributed by atoms with Crippen LogP contribution in [0.15, 0.2) is 18.2 Å². The molecule has 1 heterocycles. The summed E-state index contributed by atoms with van der Waals surface area (Å²) in [4.78, 5) is 2.33. The smallest absolute Gasteiger partial charge is 0.165 e. The molecule has 19 heavy (non-hydrogen) atoms. The molecule has 1 fully saturated rings. The Labute approximate surface area is 114 Å². The lowest BCUT2D eigenvalue weighted by Crippen LogP contribution is -2.41. The van der Waals surface area contributed by atoms with E-state index < -0.39 is 0 Å². The van der Waals surface area contributed by atoms with Crippen molar-refractivity contribution in [2.75, 3.05) is 47.1 Å². The molecule has 0 amide bonds. The molecule has 1 aliphatic rings. The third kappa shape index (κ3) is 3.00. The van der Waals surface area contributed by atoms with Gasteiger partial charge in [-0.3, -0.25) is 4.90 Å². The number of nitrogens with two attached hydrogens (primary N) is 1. The van der Waals surface area contributed by atoms with E-state index in [2.05, 4.69) is 4.90 Å². The van der Waals surface area contributed by atoms with Crippen LogP contribution in [0.1, 0.15) is 11.6 Å². The number of rotatable bonds is 5. The molecule has 1 aromatic carbocycles. The highest BCUT2D eigenvalue weighted by molar-refractivity contribution is 5.48. The molecule has 1 atom stereocenters. The Morgan fingerprint density at radius 2 is 2.00 bits per heavy atom. The summed E-state index contributed by atoms with van der Waals surface area (Å²) in [5.41, 5.74) is 7.05. The normalized spacial score (nSPS) is 18.1. The minimum absolute atomic E-state index is 0.133. The third-order valence-electron chi connectivity index (χ3n) is 3.50. The van der Waals surface area contributed by atoms with Gasteiger partial charge in [0.05, 0.1) is 33.5 Å². The molecule has 0 radical (unpaired) electrons. The second-order valence-corrected chi connectivity index (χ2v) is 4.48. The molecule has 0 spiro atoms. The third-order valence-corrected chi connectivity index (χ3v) is 3.50. The number of nitrogens with zero attached hydrogens (tertiary/aromatic N) is 1. The van der Waals surface area contributed by atoms with Crippen molar-refractivity contribution in [2.24, 2.45) is 5.73 Å². The summed E-state index contributed by atoms with van der Waals surface area (Å²) >= 11 is 0. The van der Waals surface area contributed by atoms with E-state index in [1.54, 1.807) is 14.2 Å². The molecule has 1 saturated heterocycles. The Kier molecular flexibility index (Phi) is 5.01. The van der Waals surface area contributed by atoms with Gasteiger partial charge in [0.15, 0.2) is 11.5 Å². The Morgan fingerprint density at radius 3 is 2.58 bits per heavy atom. The van der Waals surface area contributed by atoms with Crippen LogP contribution in [0.25, 0.3) is 0 Å². The standard InChI is InChI=1S/C14H22N2O3/c1-17-13-5-3-4-11(14(13)18-2)12(10-15)16-6-8-19-9-7-16/h3-5,12H,6-10,15H2,1-2H3/t12-/m1/s1. The molecule has 0 aromatic heterocycles. The predicted molar refractivity (Wildman–Crippen MR) is 73.7 cm³/mol. The van der Waals surface area contributed by atoms with Crippen LogP contribution in [0.5, 0.6) is 11.5 Å². The van der Waals surface area contributed by atoms with E-state index in [1.165, 1.54) is 0 Å². The average molecular weight is 266 g/mol. The van der Waals surface area contributed by atoms with Gasteiger partial charge in [0, 0.05) is 25.2 Å². The van der Waals surface area contributed by atoms with E-state index in [0.717, 1.165) is 43.4 Å². The van der Waals surface area contributed by atoms with Crippen molar-refractivity contribution in [1.82, 2.24) is 4.90 Å². The first-order valence-corrected chi connectivity index (χ1v) is 6.54. The lowest BCUT2D eigenvalue weighted by molar-refractivity contribution is 0.0174. The first-order chi connectivity index (χ1) is 9.31.